The van der Waals surface area contributed by atoms with Crippen molar-refractivity contribution in [1.82, 2.24) is 15.8 Å². The quantitative estimate of drug-likeness (QED) is 0.494. The summed E-state index contributed by atoms with van der Waals surface area (Å²) in [5.74, 6) is 1.71. The second-order valence-corrected chi connectivity index (χ2v) is 8.60. The Morgan fingerprint density at radius 2 is 1.94 bits per heavy atom. The molecule has 176 valence electrons. The Hall–Kier alpha value is -1.84. The molecular weight excluding hydrogens is 455 g/mol. The van der Waals surface area contributed by atoms with Gasteiger partial charge in [-0.1, -0.05) is 16.8 Å². The summed E-state index contributed by atoms with van der Waals surface area (Å²) in [5, 5.41) is 14.5. The number of methoxy groups -OCH3 is 2. The van der Waals surface area contributed by atoms with Crippen LogP contribution in [-0.2, 0) is 9.47 Å². The molecule has 1 aliphatic heterocycles. The highest BCUT2D eigenvalue weighted by molar-refractivity contribution is 6.30. The second-order valence-electron chi connectivity index (χ2n) is 8.17. The van der Waals surface area contributed by atoms with Gasteiger partial charge in [-0.2, -0.15) is 0 Å². The van der Waals surface area contributed by atoms with Gasteiger partial charge < -0.3 is 29.9 Å². The minimum Gasteiger partial charge on any atom is -0.383 e. The van der Waals surface area contributed by atoms with Crippen LogP contribution >= 0.6 is 24.0 Å². The van der Waals surface area contributed by atoms with Crippen LogP contribution in [-0.4, -0.2) is 63.7 Å². The molecule has 0 spiro atoms. The highest BCUT2D eigenvalue weighted by Crippen LogP contribution is 2.35. The fraction of sp³-hybridized carbons (Fsp3) is 0.545. The fourth-order valence-electron chi connectivity index (χ4n) is 4.62. The van der Waals surface area contributed by atoms with Crippen molar-refractivity contribution < 1.29 is 18.8 Å². The van der Waals surface area contributed by atoms with Crippen LogP contribution in [0, 0.1) is 11.8 Å². The van der Waals surface area contributed by atoms with Gasteiger partial charge in [0.05, 0.1) is 18.8 Å². The van der Waals surface area contributed by atoms with Gasteiger partial charge in [-0.05, 0) is 62.0 Å². The highest BCUT2D eigenvalue weighted by Gasteiger charge is 2.41. The van der Waals surface area contributed by atoms with Crippen LogP contribution in [0.25, 0.3) is 11.3 Å². The Labute approximate surface area is 199 Å². The van der Waals surface area contributed by atoms with Crippen LogP contribution < -0.4 is 16.0 Å². The van der Waals surface area contributed by atoms with E-state index in [1.165, 1.54) is 0 Å². The third-order valence-electron chi connectivity index (χ3n) is 6.26. The lowest BCUT2D eigenvalue weighted by molar-refractivity contribution is 0.0125. The number of carbonyl (C=O) groups excluding carboxylic acids is 1. The maximum atomic E-state index is 13.5. The Kier molecular flexibility index (Phi) is 8.79. The highest BCUT2D eigenvalue weighted by atomic mass is 35.5. The van der Waals surface area contributed by atoms with Gasteiger partial charge in [0.25, 0.3) is 5.91 Å². The number of benzene rings is 1. The third-order valence-corrected chi connectivity index (χ3v) is 6.52. The van der Waals surface area contributed by atoms with Crippen molar-refractivity contribution in [3.05, 3.63) is 34.9 Å². The second kappa shape index (κ2) is 11.3. The van der Waals surface area contributed by atoms with E-state index in [0.29, 0.717) is 47.2 Å². The smallest absolute Gasteiger partial charge is 0.259 e. The van der Waals surface area contributed by atoms with Crippen LogP contribution in [0.5, 0.6) is 0 Å². The Bertz CT molecular complexity index is 893. The first-order valence-corrected chi connectivity index (χ1v) is 11.0. The normalized spacial score (nSPS) is 24.5. The summed E-state index contributed by atoms with van der Waals surface area (Å²) in [7, 11) is 3.33. The zero-order valence-corrected chi connectivity index (χ0v) is 19.8. The van der Waals surface area contributed by atoms with E-state index in [2.05, 4.69) is 21.1 Å². The molecule has 8 nitrogen and oxygen atoms in total. The van der Waals surface area contributed by atoms with E-state index in [9.17, 15) is 4.79 Å². The molecule has 1 aromatic carbocycles. The first kappa shape index (κ1) is 24.8. The van der Waals surface area contributed by atoms with Gasteiger partial charge in [-0.3, -0.25) is 4.79 Å². The molecule has 0 radical (unpaired) electrons. The molecule has 2 heterocycles. The van der Waals surface area contributed by atoms with Crippen LogP contribution in [0.4, 0.5) is 5.82 Å². The van der Waals surface area contributed by atoms with Crippen molar-refractivity contribution in [3.8, 4) is 11.3 Å². The third kappa shape index (κ3) is 5.38. The molecule has 0 bridgehead atoms. The van der Waals surface area contributed by atoms with Gasteiger partial charge in [0.15, 0.2) is 11.6 Å². The minimum atomic E-state index is -0.234. The van der Waals surface area contributed by atoms with Gasteiger partial charge in [0.2, 0.25) is 0 Å². The van der Waals surface area contributed by atoms with E-state index in [1.54, 1.807) is 26.4 Å². The lowest BCUT2D eigenvalue weighted by atomic mass is 9.77. The summed E-state index contributed by atoms with van der Waals surface area (Å²) in [4.78, 5) is 13.5. The molecule has 1 amide bonds. The minimum absolute atomic E-state index is 0. The summed E-state index contributed by atoms with van der Waals surface area (Å²) in [5.41, 5.74) is 1.11. The molecule has 1 saturated carbocycles. The van der Waals surface area contributed by atoms with Gasteiger partial charge >= 0.3 is 0 Å². The molecule has 2 aromatic rings. The number of ether oxygens (including phenoxy) is 2. The summed E-state index contributed by atoms with van der Waals surface area (Å²) in [6.45, 7) is 2.99. The van der Waals surface area contributed by atoms with Crippen molar-refractivity contribution in [2.45, 2.75) is 25.0 Å². The number of amides is 1. The lowest BCUT2D eigenvalue weighted by Crippen LogP contribution is -2.50. The number of fused-ring (bicyclic) bond motifs is 1. The van der Waals surface area contributed by atoms with Crippen LogP contribution in [0.2, 0.25) is 5.02 Å². The Morgan fingerprint density at radius 3 is 2.62 bits per heavy atom. The van der Waals surface area contributed by atoms with Gasteiger partial charge in [-0.25, -0.2) is 0 Å². The van der Waals surface area contributed by atoms with E-state index in [4.69, 9.17) is 25.6 Å². The summed E-state index contributed by atoms with van der Waals surface area (Å²) < 4.78 is 16.4. The molecule has 4 rings (SSSR count). The van der Waals surface area contributed by atoms with E-state index < -0.39 is 0 Å². The van der Waals surface area contributed by atoms with Crippen LogP contribution in [0.1, 0.15) is 23.2 Å². The van der Waals surface area contributed by atoms with Crippen molar-refractivity contribution in [1.29, 1.82) is 0 Å². The maximum Gasteiger partial charge on any atom is 0.259 e. The van der Waals surface area contributed by atoms with E-state index in [-0.39, 0.29) is 30.5 Å². The average Bonchev–Trinajstić information content (AvgIpc) is 3.40. The molecule has 3 N–H and O–H groups in total. The SMILES string of the molecule is COCCNc1noc(-c2ccc(Cl)cc2)c1C(=O)N[C@H]1C[C@H]2CNC[C@H]2C[C@@H]1OC.Cl. The number of hydrogen-bond acceptors (Lipinski definition) is 7. The van der Waals surface area contributed by atoms with Crippen molar-refractivity contribution in [2.75, 3.05) is 45.8 Å². The molecular formula is C22H30Cl2N4O4. The van der Waals surface area contributed by atoms with Crippen molar-refractivity contribution >= 4 is 35.7 Å². The predicted octanol–water partition coefficient (Wildman–Crippen LogP) is 3.22. The molecule has 10 heteroatoms. The Morgan fingerprint density at radius 1 is 1.22 bits per heavy atom. The van der Waals surface area contributed by atoms with Crippen LogP contribution in [0.3, 0.4) is 0 Å². The fourth-order valence-corrected chi connectivity index (χ4v) is 4.75. The first-order valence-electron chi connectivity index (χ1n) is 10.6. The zero-order valence-electron chi connectivity index (χ0n) is 18.2. The zero-order chi connectivity index (χ0) is 21.8. The number of halogens is 2. The average molecular weight is 485 g/mol. The number of hydrogen-bond donors (Lipinski definition) is 3. The van der Waals surface area contributed by atoms with Gasteiger partial charge in [0, 0.05) is 31.4 Å². The first-order chi connectivity index (χ1) is 15.1. The maximum absolute atomic E-state index is 13.5. The molecule has 4 atom stereocenters. The standard InChI is InChI=1S/C22H29ClN4O4.ClH/c1-29-8-7-25-21-19(20(31-27-21)13-3-5-16(23)6-4-13)22(28)26-17-9-14-11-24-12-15(14)10-18(17)30-2;/h3-6,14-15,17-18,24H,7-12H2,1-2H3,(H,25,27)(H,26,28);1H/t14-,15+,17-,18-;/m0./s1. The summed E-state index contributed by atoms with van der Waals surface area (Å²) in [6.07, 6.45) is 1.80. The number of aromatic nitrogens is 1. The van der Waals surface area contributed by atoms with Gasteiger partial charge in [-0.15, -0.1) is 12.4 Å². The molecule has 2 fully saturated rings. The number of rotatable bonds is 8. The number of anilines is 1. The van der Waals surface area contributed by atoms with Crippen molar-refractivity contribution in [2.24, 2.45) is 11.8 Å². The molecule has 1 aliphatic carbocycles. The molecule has 1 saturated heterocycles. The predicted molar refractivity (Wildman–Crippen MR) is 126 cm³/mol. The topological polar surface area (TPSA) is 97.7 Å². The Balaban J connectivity index is 0.00000289. The molecule has 2 aliphatic rings. The van der Waals surface area contributed by atoms with Gasteiger partial charge in [0.1, 0.15) is 5.56 Å². The van der Waals surface area contributed by atoms with E-state index in [1.807, 2.05) is 12.1 Å². The molecule has 32 heavy (non-hydrogen) atoms. The van der Waals surface area contributed by atoms with Crippen molar-refractivity contribution in [3.63, 3.8) is 0 Å². The largest absolute Gasteiger partial charge is 0.383 e. The lowest BCUT2D eigenvalue weighted by Gasteiger charge is -2.37. The van der Waals surface area contributed by atoms with Crippen LogP contribution in [0.15, 0.2) is 28.8 Å². The number of nitrogens with zero attached hydrogens (tertiary/aromatic N) is 1. The number of carbonyl (C=O) groups is 1. The summed E-state index contributed by atoms with van der Waals surface area (Å²) >= 11 is 6.03. The monoisotopic (exact) mass is 484 g/mol. The summed E-state index contributed by atoms with van der Waals surface area (Å²) in [6, 6.07) is 7.07. The van der Waals surface area contributed by atoms with E-state index in [0.717, 1.165) is 31.5 Å². The van der Waals surface area contributed by atoms with E-state index >= 15 is 0 Å². The number of nitrogens with one attached hydrogen (secondary N) is 3. The molecule has 0 unspecified atom stereocenters. The molecule has 1 aromatic heterocycles.